The number of aromatic nitrogens is 1. The van der Waals surface area contributed by atoms with Gasteiger partial charge in [-0.3, -0.25) is 9.69 Å². The summed E-state index contributed by atoms with van der Waals surface area (Å²) in [5.74, 6) is 0.356. The standard InChI is InChI=1S/C11H16N2OS/c1-3-10-6-12-11(15-10)8(2)13-5-4-9(14)7-13/h6,8H,3-5,7H2,1-2H3. The van der Waals surface area contributed by atoms with Crippen molar-refractivity contribution >= 4 is 17.1 Å². The van der Waals surface area contributed by atoms with E-state index in [1.165, 1.54) is 4.88 Å². The van der Waals surface area contributed by atoms with Gasteiger partial charge in [0.25, 0.3) is 0 Å². The molecule has 1 aliphatic heterocycles. The molecular formula is C11H16N2OS. The van der Waals surface area contributed by atoms with Gasteiger partial charge in [0, 0.05) is 24.0 Å². The second-order valence-corrected chi connectivity index (χ2v) is 5.10. The second-order valence-electron chi connectivity index (χ2n) is 3.95. The zero-order valence-corrected chi connectivity index (χ0v) is 10.0. The fourth-order valence-electron chi connectivity index (χ4n) is 1.82. The minimum absolute atomic E-state index is 0.293. The third-order valence-corrected chi connectivity index (χ3v) is 4.19. The number of hydrogen-bond donors (Lipinski definition) is 0. The minimum atomic E-state index is 0.293. The van der Waals surface area contributed by atoms with Gasteiger partial charge in [-0.15, -0.1) is 11.3 Å². The van der Waals surface area contributed by atoms with E-state index >= 15 is 0 Å². The molecule has 0 N–H and O–H groups in total. The molecule has 3 nitrogen and oxygen atoms in total. The van der Waals surface area contributed by atoms with Crippen molar-refractivity contribution in [3.8, 4) is 0 Å². The number of Topliss-reactive ketones (excluding diaryl/α,β-unsaturated/α-hetero) is 1. The Balaban J connectivity index is 2.06. The van der Waals surface area contributed by atoms with Crippen LogP contribution in [0, 0.1) is 0 Å². The Morgan fingerprint density at radius 3 is 3.00 bits per heavy atom. The maximum atomic E-state index is 11.2. The van der Waals surface area contributed by atoms with Crippen molar-refractivity contribution in [2.75, 3.05) is 13.1 Å². The summed E-state index contributed by atoms with van der Waals surface area (Å²) >= 11 is 1.76. The SMILES string of the molecule is CCc1cnc(C(C)N2CCC(=O)C2)s1. The number of aryl methyl sites for hydroxylation is 1. The summed E-state index contributed by atoms with van der Waals surface area (Å²) in [6.07, 6.45) is 3.70. The predicted molar refractivity (Wildman–Crippen MR) is 61.1 cm³/mol. The molecule has 0 amide bonds. The first kappa shape index (κ1) is 10.8. The number of likely N-dealkylation sites (tertiary alicyclic amines) is 1. The highest BCUT2D eigenvalue weighted by molar-refractivity contribution is 7.11. The molecular weight excluding hydrogens is 208 g/mol. The van der Waals surface area contributed by atoms with Crippen LogP contribution in [0.1, 0.15) is 36.2 Å². The molecule has 0 bridgehead atoms. The molecule has 0 saturated carbocycles. The van der Waals surface area contributed by atoms with Crippen molar-refractivity contribution in [2.45, 2.75) is 32.7 Å². The van der Waals surface area contributed by atoms with Gasteiger partial charge in [-0.05, 0) is 13.3 Å². The number of rotatable bonds is 3. The molecule has 0 aliphatic carbocycles. The Morgan fingerprint density at radius 2 is 2.47 bits per heavy atom. The third kappa shape index (κ3) is 2.26. The minimum Gasteiger partial charge on any atom is -0.298 e. The van der Waals surface area contributed by atoms with Gasteiger partial charge in [-0.2, -0.15) is 0 Å². The van der Waals surface area contributed by atoms with Gasteiger partial charge in [0.05, 0.1) is 12.6 Å². The van der Waals surface area contributed by atoms with Gasteiger partial charge in [0.1, 0.15) is 10.8 Å². The Kier molecular flexibility index (Phi) is 3.17. The van der Waals surface area contributed by atoms with Crippen molar-refractivity contribution in [3.63, 3.8) is 0 Å². The quantitative estimate of drug-likeness (QED) is 0.787. The van der Waals surface area contributed by atoms with E-state index in [4.69, 9.17) is 0 Å². The molecule has 1 aromatic heterocycles. The number of carbonyl (C=O) groups excluding carboxylic acids is 1. The lowest BCUT2D eigenvalue weighted by Crippen LogP contribution is -2.24. The van der Waals surface area contributed by atoms with Gasteiger partial charge in [-0.1, -0.05) is 6.92 Å². The van der Waals surface area contributed by atoms with Crippen LogP contribution in [-0.4, -0.2) is 28.8 Å². The highest BCUT2D eigenvalue weighted by Crippen LogP contribution is 2.27. The molecule has 0 spiro atoms. The molecule has 1 aliphatic rings. The Hall–Kier alpha value is -0.740. The second kappa shape index (κ2) is 4.41. The topological polar surface area (TPSA) is 33.2 Å². The van der Waals surface area contributed by atoms with Gasteiger partial charge in [-0.25, -0.2) is 4.98 Å². The molecule has 2 heterocycles. The molecule has 1 unspecified atom stereocenters. The van der Waals surface area contributed by atoms with Crippen molar-refractivity contribution in [1.29, 1.82) is 0 Å². The van der Waals surface area contributed by atoms with Crippen LogP contribution in [0.2, 0.25) is 0 Å². The van der Waals surface area contributed by atoms with E-state index in [9.17, 15) is 4.79 Å². The molecule has 1 saturated heterocycles. The fourth-order valence-corrected chi connectivity index (χ4v) is 2.76. The summed E-state index contributed by atoms with van der Waals surface area (Å²) in [6.45, 7) is 5.77. The van der Waals surface area contributed by atoms with E-state index in [1.54, 1.807) is 11.3 Å². The van der Waals surface area contributed by atoms with Crippen molar-refractivity contribution < 1.29 is 4.79 Å². The maximum Gasteiger partial charge on any atom is 0.148 e. The lowest BCUT2D eigenvalue weighted by atomic mass is 10.3. The molecule has 1 atom stereocenters. The van der Waals surface area contributed by atoms with Crippen LogP contribution in [-0.2, 0) is 11.2 Å². The highest BCUT2D eigenvalue weighted by Gasteiger charge is 2.26. The van der Waals surface area contributed by atoms with Gasteiger partial charge in [0.2, 0.25) is 0 Å². The van der Waals surface area contributed by atoms with Crippen LogP contribution in [0.5, 0.6) is 0 Å². The first-order valence-electron chi connectivity index (χ1n) is 5.41. The maximum absolute atomic E-state index is 11.2. The molecule has 0 aromatic carbocycles. The van der Waals surface area contributed by atoms with E-state index in [0.717, 1.165) is 18.0 Å². The Morgan fingerprint density at radius 1 is 1.67 bits per heavy atom. The summed E-state index contributed by atoms with van der Waals surface area (Å²) in [5.41, 5.74) is 0. The van der Waals surface area contributed by atoms with Gasteiger partial charge >= 0.3 is 0 Å². The van der Waals surface area contributed by atoms with Crippen LogP contribution in [0.25, 0.3) is 0 Å². The summed E-state index contributed by atoms with van der Waals surface area (Å²) in [5, 5.41) is 1.14. The number of ketones is 1. The lowest BCUT2D eigenvalue weighted by Gasteiger charge is -2.20. The summed E-state index contributed by atoms with van der Waals surface area (Å²) in [6, 6.07) is 0.293. The monoisotopic (exact) mass is 224 g/mol. The van der Waals surface area contributed by atoms with E-state index < -0.39 is 0 Å². The fraction of sp³-hybridized carbons (Fsp3) is 0.636. The number of carbonyl (C=O) groups is 1. The normalized spacial score (nSPS) is 19.7. The molecule has 2 rings (SSSR count). The third-order valence-electron chi connectivity index (χ3n) is 2.88. The summed E-state index contributed by atoms with van der Waals surface area (Å²) in [7, 11) is 0. The molecule has 0 radical (unpaired) electrons. The number of nitrogens with zero attached hydrogens (tertiary/aromatic N) is 2. The highest BCUT2D eigenvalue weighted by atomic mass is 32.1. The van der Waals surface area contributed by atoms with Crippen LogP contribution >= 0.6 is 11.3 Å². The van der Waals surface area contributed by atoms with Crippen LogP contribution in [0.3, 0.4) is 0 Å². The molecule has 15 heavy (non-hydrogen) atoms. The smallest absolute Gasteiger partial charge is 0.148 e. The average Bonchev–Trinajstić information content (AvgIpc) is 2.84. The van der Waals surface area contributed by atoms with Crippen LogP contribution in [0.15, 0.2) is 6.20 Å². The van der Waals surface area contributed by atoms with E-state index in [2.05, 4.69) is 23.7 Å². The molecule has 4 heteroatoms. The number of hydrogen-bond acceptors (Lipinski definition) is 4. The first-order valence-corrected chi connectivity index (χ1v) is 6.22. The van der Waals surface area contributed by atoms with Gasteiger partial charge < -0.3 is 0 Å². The largest absolute Gasteiger partial charge is 0.298 e. The zero-order chi connectivity index (χ0) is 10.8. The Labute approximate surface area is 94.1 Å². The zero-order valence-electron chi connectivity index (χ0n) is 9.19. The molecule has 82 valence electrons. The van der Waals surface area contributed by atoms with Crippen molar-refractivity contribution in [1.82, 2.24) is 9.88 Å². The first-order chi connectivity index (χ1) is 7.20. The van der Waals surface area contributed by atoms with Gasteiger partial charge in [0.15, 0.2) is 0 Å². The molecule has 1 aromatic rings. The van der Waals surface area contributed by atoms with E-state index in [-0.39, 0.29) is 0 Å². The molecule has 1 fully saturated rings. The van der Waals surface area contributed by atoms with Crippen molar-refractivity contribution in [2.24, 2.45) is 0 Å². The van der Waals surface area contributed by atoms with Crippen LogP contribution < -0.4 is 0 Å². The van der Waals surface area contributed by atoms with Crippen LogP contribution in [0.4, 0.5) is 0 Å². The summed E-state index contributed by atoms with van der Waals surface area (Å²) in [4.78, 5) is 19.1. The predicted octanol–water partition coefficient (Wildman–Crippen LogP) is 2.04. The van der Waals surface area contributed by atoms with E-state index in [1.807, 2.05) is 6.20 Å². The van der Waals surface area contributed by atoms with E-state index in [0.29, 0.717) is 24.8 Å². The summed E-state index contributed by atoms with van der Waals surface area (Å²) < 4.78 is 0. The number of thiazole rings is 1. The Bertz CT molecular complexity index is 361. The average molecular weight is 224 g/mol. The van der Waals surface area contributed by atoms with Crippen molar-refractivity contribution in [3.05, 3.63) is 16.1 Å². The lowest BCUT2D eigenvalue weighted by molar-refractivity contribution is -0.117.